The molecule has 0 spiro atoms. The summed E-state index contributed by atoms with van der Waals surface area (Å²) >= 11 is 0. The van der Waals surface area contributed by atoms with Crippen molar-refractivity contribution in [3.63, 3.8) is 0 Å². The van der Waals surface area contributed by atoms with Gasteiger partial charge < -0.3 is 10.1 Å². The molecule has 76 valence electrons. The normalized spacial score (nSPS) is 9.86. The summed E-state index contributed by atoms with van der Waals surface area (Å²) in [5, 5.41) is 2.78. The zero-order valence-electron chi connectivity index (χ0n) is 8.54. The molecule has 1 rings (SSSR count). The summed E-state index contributed by atoms with van der Waals surface area (Å²) < 4.78 is 5.29. The lowest BCUT2D eigenvalue weighted by Crippen LogP contribution is -2.23. The first-order valence-corrected chi connectivity index (χ1v) is 4.58. The lowest BCUT2D eigenvalue weighted by atomic mass is 10.2. The number of Topliss-reactive ketones (excluding diaryl/α,β-unsaturated/α-hetero) is 1. The lowest BCUT2D eigenvalue weighted by molar-refractivity contribution is -0.120. The van der Waals surface area contributed by atoms with Crippen LogP contribution in [0.25, 0.3) is 0 Å². The first-order valence-electron chi connectivity index (χ1n) is 4.58. The Morgan fingerprint density at radius 3 is 2.57 bits per heavy atom. The number of ketones is 1. The molecule has 0 fully saturated rings. The Hall–Kier alpha value is -1.35. The third-order valence-corrected chi connectivity index (χ3v) is 1.79. The van der Waals surface area contributed by atoms with Gasteiger partial charge in [-0.15, -0.1) is 0 Å². The fourth-order valence-corrected chi connectivity index (χ4v) is 1.05. The van der Waals surface area contributed by atoms with Gasteiger partial charge in [0, 0.05) is 0 Å². The number of hydrogen-bond acceptors (Lipinski definition) is 3. The van der Waals surface area contributed by atoms with E-state index in [4.69, 9.17) is 4.74 Å². The number of nitrogens with one attached hydrogen (secondary N) is 1. The van der Waals surface area contributed by atoms with Gasteiger partial charge in [-0.3, -0.25) is 4.79 Å². The van der Waals surface area contributed by atoms with Crippen LogP contribution in [0, 0.1) is 6.92 Å². The molecule has 0 aliphatic rings. The predicted octanol–water partition coefficient (Wildman–Crippen LogP) is 1.16. The van der Waals surface area contributed by atoms with Crippen molar-refractivity contribution in [2.75, 3.05) is 20.2 Å². The fourth-order valence-electron chi connectivity index (χ4n) is 1.05. The fraction of sp³-hybridized carbons (Fsp3) is 0.364. The molecule has 0 aromatic heterocycles. The number of rotatable bonds is 5. The molecule has 1 aromatic rings. The van der Waals surface area contributed by atoms with E-state index in [0.29, 0.717) is 6.54 Å². The van der Waals surface area contributed by atoms with Crippen molar-refractivity contribution in [3.05, 3.63) is 29.8 Å². The Labute approximate surface area is 84.1 Å². The van der Waals surface area contributed by atoms with Crippen LogP contribution in [-0.4, -0.2) is 26.0 Å². The number of likely N-dealkylation sites (N-methyl/N-ethyl adjacent to an activating group) is 1. The van der Waals surface area contributed by atoms with Crippen LogP contribution >= 0.6 is 0 Å². The molecule has 0 radical (unpaired) electrons. The predicted molar refractivity (Wildman–Crippen MR) is 55.6 cm³/mol. The van der Waals surface area contributed by atoms with E-state index >= 15 is 0 Å². The van der Waals surface area contributed by atoms with Gasteiger partial charge in [0.25, 0.3) is 0 Å². The van der Waals surface area contributed by atoms with Gasteiger partial charge in [0.1, 0.15) is 12.4 Å². The number of hydrogen-bond donors (Lipinski definition) is 1. The van der Waals surface area contributed by atoms with Crippen LogP contribution in [0.4, 0.5) is 0 Å². The first kappa shape index (κ1) is 10.7. The summed E-state index contributed by atoms with van der Waals surface area (Å²) in [5.74, 6) is 0.785. The van der Waals surface area contributed by atoms with Gasteiger partial charge in [-0.05, 0) is 26.1 Å². The molecule has 0 heterocycles. The number of benzene rings is 1. The third-order valence-electron chi connectivity index (χ3n) is 1.79. The Kier molecular flexibility index (Phi) is 4.13. The highest BCUT2D eigenvalue weighted by molar-refractivity contribution is 5.81. The molecular weight excluding hydrogens is 178 g/mol. The average molecular weight is 193 g/mol. The van der Waals surface area contributed by atoms with Gasteiger partial charge in [0.05, 0.1) is 6.54 Å². The van der Waals surface area contributed by atoms with E-state index in [1.807, 2.05) is 31.2 Å². The van der Waals surface area contributed by atoms with Crippen LogP contribution in [0.5, 0.6) is 5.75 Å². The smallest absolute Gasteiger partial charge is 0.183 e. The van der Waals surface area contributed by atoms with Gasteiger partial charge in [-0.1, -0.05) is 17.7 Å². The molecule has 0 unspecified atom stereocenters. The molecule has 1 aromatic carbocycles. The standard InChI is InChI=1S/C11H15NO2/c1-9-3-5-11(6-4-9)14-8-10(13)7-12-2/h3-6,12H,7-8H2,1-2H3. The summed E-state index contributed by atoms with van der Waals surface area (Å²) in [4.78, 5) is 11.1. The van der Waals surface area contributed by atoms with E-state index in [2.05, 4.69) is 5.32 Å². The SMILES string of the molecule is CNCC(=O)COc1ccc(C)cc1. The molecular formula is C11H15NO2. The Bertz CT molecular complexity index is 293. The largest absolute Gasteiger partial charge is 0.486 e. The molecule has 0 bridgehead atoms. The van der Waals surface area contributed by atoms with Crippen molar-refractivity contribution >= 4 is 5.78 Å². The quantitative estimate of drug-likeness (QED) is 0.762. The van der Waals surface area contributed by atoms with Crippen LogP contribution in [0.3, 0.4) is 0 Å². The van der Waals surface area contributed by atoms with Crippen LogP contribution in [0.1, 0.15) is 5.56 Å². The first-order chi connectivity index (χ1) is 6.72. The lowest BCUT2D eigenvalue weighted by Gasteiger charge is -2.05. The minimum absolute atomic E-state index is 0.0491. The van der Waals surface area contributed by atoms with Crippen molar-refractivity contribution < 1.29 is 9.53 Å². The van der Waals surface area contributed by atoms with E-state index in [-0.39, 0.29) is 12.4 Å². The Balaban J connectivity index is 2.38. The maximum atomic E-state index is 11.1. The number of aryl methyl sites for hydroxylation is 1. The van der Waals surface area contributed by atoms with Crippen molar-refractivity contribution in [1.29, 1.82) is 0 Å². The Morgan fingerprint density at radius 2 is 2.00 bits per heavy atom. The van der Waals surface area contributed by atoms with Gasteiger partial charge >= 0.3 is 0 Å². The van der Waals surface area contributed by atoms with Crippen LogP contribution < -0.4 is 10.1 Å². The van der Waals surface area contributed by atoms with E-state index in [0.717, 1.165) is 5.75 Å². The van der Waals surface area contributed by atoms with Crippen molar-refractivity contribution in [3.8, 4) is 5.75 Å². The van der Waals surface area contributed by atoms with Gasteiger partial charge in [0.2, 0.25) is 0 Å². The summed E-state index contributed by atoms with van der Waals surface area (Å²) in [6.07, 6.45) is 0. The van der Waals surface area contributed by atoms with Gasteiger partial charge in [-0.25, -0.2) is 0 Å². The van der Waals surface area contributed by atoms with Crippen molar-refractivity contribution in [2.45, 2.75) is 6.92 Å². The van der Waals surface area contributed by atoms with Crippen molar-refractivity contribution in [2.24, 2.45) is 0 Å². The molecule has 0 saturated carbocycles. The average Bonchev–Trinajstić information content (AvgIpc) is 2.17. The molecule has 0 aliphatic carbocycles. The second-order valence-corrected chi connectivity index (χ2v) is 3.17. The molecule has 0 atom stereocenters. The summed E-state index contributed by atoms with van der Waals surface area (Å²) in [6.45, 7) is 2.49. The topological polar surface area (TPSA) is 38.3 Å². The summed E-state index contributed by atoms with van der Waals surface area (Å²) in [7, 11) is 1.74. The van der Waals surface area contributed by atoms with Crippen LogP contribution in [-0.2, 0) is 4.79 Å². The highest BCUT2D eigenvalue weighted by Gasteiger charge is 2.00. The van der Waals surface area contributed by atoms with Crippen LogP contribution in [0.15, 0.2) is 24.3 Å². The molecule has 3 heteroatoms. The third kappa shape index (κ3) is 3.58. The molecule has 3 nitrogen and oxygen atoms in total. The highest BCUT2D eigenvalue weighted by atomic mass is 16.5. The van der Waals surface area contributed by atoms with Crippen molar-refractivity contribution in [1.82, 2.24) is 5.32 Å². The molecule has 0 saturated heterocycles. The molecule has 0 aliphatic heterocycles. The Morgan fingerprint density at radius 1 is 1.36 bits per heavy atom. The minimum Gasteiger partial charge on any atom is -0.486 e. The maximum absolute atomic E-state index is 11.1. The van der Waals surface area contributed by atoms with Crippen LogP contribution in [0.2, 0.25) is 0 Å². The highest BCUT2D eigenvalue weighted by Crippen LogP contribution is 2.10. The summed E-state index contributed by atoms with van der Waals surface area (Å²) in [5.41, 5.74) is 1.18. The number of carbonyl (C=O) groups is 1. The minimum atomic E-state index is 0.0491. The van der Waals surface area contributed by atoms with E-state index < -0.39 is 0 Å². The van der Waals surface area contributed by atoms with Gasteiger partial charge in [0.15, 0.2) is 5.78 Å². The molecule has 0 amide bonds. The molecule has 14 heavy (non-hydrogen) atoms. The monoisotopic (exact) mass is 193 g/mol. The number of carbonyl (C=O) groups excluding carboxylic acids is 1. The maximum Gasteiger partial charge on any atom is 0.183 e. The molecule has 1 N–H and O–H groups in total. The van der Waals surface area contributed by atoms with E-state index in [9.17, 15) is 4.79 Å². The van der Waals surface area contributed by atoms with E-state index in [1.165, 1.54) is 5.56 Å². The zero-order valence-corrected chi connectivity index (χ0v) is 8.54. The van der Waals surface area contributed by atoms with Gasteiger partial charge in [-0.2, -0.15) is 0 Å². The second kappa shape index (κ2) is 5.40. The van der Waals surface area contributed by atoms with E-state index in [1.54, 1.807) is 7.05 Å². The number of ether oxygens (including phenoxy) is 1. The zero-order chi connectivity index (χ0) is 10.4. The second-order valence-electron chi connectivity index (χ2n) is 3.17. The summed E-state index contributed by atoms with van der Waals surface area (Å²) in [6, 6.07) is 7.64.